The topological polar surface area (TPSA) is 34.9 Å². The summed E-state index contributed by atoms with van der Waals surface area (Å²) in [5.74, 6) is -0.0875. The lowest BCUT2D eigenvalue weighted by atomic mass is 10.1. The molecule has 0 unspecified atom stereocenters. The van der Waals surface area contributed by atoms with Crippen LogP contribution in [0, 0.1) is 0 Å². The maximum absolute atomic E-state index is 11.2. The summed E-state index contributed by atoms with van der Waals surface area (Å²) in [6.45, 7) is 9.51. The second-order valence-electron chi connectivity index (χ2n) is 3.91. The largest absolute Gasteiger partial charge is 0.289 e. The first kappa shape index (κ1) is 9.71. The average Bonchev–Trinajstić information content (AvgIpc) is 2.50. The van der Waals surface area contributed by atoms with Crippen LogP contribution in [0.5, 0.6) is 0 Å². The lowest BCUT2D eigenvalue weighted by Gasteiger charge is -2.18. The van der Waals surface area contributed by atoms with Crippen LogP contribution in [0.3, 0.4) is 0 Å². The van der Waals surface area contributed by atoms with Gasteiger partial charge in [-0.3, -0.25) is 9.48 Å². The smallest absolute Gasteiger partial charge is 0.188 e. The quantitative estimate of drug-likeness (QED) is 0.513. The molecule has 1 heterocycles. The molecule has 0 atom stereocenters. The summed E-state index contributed by atoms with van der Waals surface area (Å²) in [4.78, 5) is 11.2. The Labute approximate surface area is 78.1 Å². The number of carbonyl (C=O) groups excluding carboxylic acids is 1. The van der Waals surface area contributed by atoms with Crippen LogP contribution in [0.4, 0.5) is 0 Å². The maximum atomic E-state index is 11.2. The molecule has 1 rings (SSSR count). The Morgan fingerprint density at radius 3 is 2.62 bits per heavy atom. The molecule has 70 valence electrons. The summed E-state index contributed by atoms with van der Waals surface area (Å²) in [5.41, 5.74) is 0.504. The van der Waals surface area contributed by atoms with Crippen molar-refractivity contribution in [2.45, 2.75) is 26.3 Å². The first-order valence-corrected chi connectivity index (χ1v) is 4.17. The summed E-state index contributed by atoms with van der Waals surface area (Å²) in [6.07, 6.45) is 4.60. The molecule has 13 heavy (non-hydrogen) atoms. The Morgan fingerprint density at radius 1 is 1.62 bits per heavy atom. The van der Waals surface area contributed by atoms with Crippen LogP contribution in [-0.2, 0) is 5.54 Å². The molecule has 0 saturated heterocycles. The van der Waals surface area contributed by atoms with Gasteiger partial charge in [0.1, 0.15) is 0 Å². The molecule has 0 radical (unpaired) electrons. The summed E-state index contributed by atoms with van der Waals surface area (Å²) in [5, 5.41) is 4.10. The number of hydrogen-bond acceptors (Lipinski definition) is 2. The fourth-order valence-electron chi connectivity index (χ4n) is 0.935. The van der Waals surface area contributed by atoms with Crippen LogP contribution < -0.4 is 0 Å². The van der Waals surface area contributed by atoms with E-state index in [4.69, 9.17) is 0 Å². The Morgan fingerprint density at radius 2 is 2.23 bits per heavy atom. The SMILES string of the molecule is C=CC(=O)c1cnn(C(C)(C)C)c1. The van der Waals surface area contributed by atoms with Gasteiger partial charge in [0.05, 0.1) is 17.3 Å². The number of aromatic nitrogens is 2. The predicted molar refractivity (Wildman–Crippen MR) is 51.8 cm³/mol. The van der Waals surface area contributed by atoms with E-state index >= 15 is 0 Å². The Bertz CT molecular complexity index is 331. The van der Waals surface area contributed by atoms with E-state index in [1.165, 1.54) is 6.08 Å². The van der Waals surface area contributed by atoms with Gasteiger partial charge in [-0.25, -0.2) is 0 Å². The van der Waals surface area contributed by atoms with Crippen molar-refractivity contribution < 1.29 is 4.79 Å². The van der Waals surface area contributed by atoms with E-state index < -0.39 is 0 Å². The van der Waals surface area contributed by atoms with Gasteiger partial charge in [-0.2, -0.15) is 5.10 Å². The molecule has 0 aliphatic heterocycles. The third-order valence-corrected chi connectivity index (χ3v) is 1.74. The standard InChI is InChI=1S/C10H14N2O/c1-5-9(13)8-6-11-12(7-8)10(2,3)4/h5-7H,1H2,2-4H3. The molecule has 1 aromatic rings. The van der Waals surface area contributed by atoms with E-state index in [2.05, 4.69) is 11.7 Å². The number of hydrogen-bond donors (Lipinski definition) is 0. The molecule has 0 N–H and O–H groups in total. The third-order valence-electron chi connectivity index (χ3n) is 1.74. The first-order valence-electron chi connectivity index (χ1n) is 4.17. The van der Waals surface area contributed by atoms with Crippen LogP contribution >= 0.6 is 0 Å². The molecule has 1 aromatic heterocycles. The highest BCUT2D eigenvalue weighted by Gasteiger charge is 2.15. The second kappa shape index (κ2) is 3.17. The van der Waals surface area contributed by atoms with E-state index in [-0.39, 0.29) is 11.3 Å². The van der Waals surface area contributed by atoms with Crippen molar-refractivity contribution >= 4 is 5.78 Å². The molecule has 0 spiro atoms. The zero-order valence-electron chi connectivity index (χ0n) is 8.24. The van der Waals surface area contributed by atoms with Crippen molar-refractivity contribution in [3.05, 3.63) is 30.6 Å². The van der Waals surface area contributed by atoms with Crippen molar-refractivity contribution in [1.29, 1.82) is 0 Å². The highest BCUT2D eigenvalue weighted by Crippen LogP contribution is 2.13. The van der Waals surface area contributed by atoms with Crippen molar-refractivity contribution in [3.63, 3.8) is 0 Å². The molecule has 3 heteroatoms. The van der Waals surface area contributed by atoms with Crippen LogP contribution in [0.15, 0.2) is 25.0 Å². The molecule has 0 aliphatic rings. The average molecular weight is 178 g/mol. The van der Waals surface area contributed by atoms with Gasteiger partial charge >= 0.3 is 0 Å². The van der Waals surface area contributed by atoms with Gasteiger partial charge in [-0.15, -0.1) is 0 Å². The van der Waals surface area contributed by atoms with Crippen molar-refractivity contribution in [1.82, 2.24) is 9.78 Å². The lowest BCUT2D eigenvalue weighted by Crippen LogP contribution is -2.22. The third kappa shape index (κ3) is 2.05. The van der Waals surface area contributed by atoms with Gasteiger partial charge in [-0.05, 0) is 26.8 Å². The van der Waals surface area contributed by atoms with E-state index in [1.54, 1.807) is 17.1 Å². The molecular formula is C10H14N2O. The number of allylic oxidation sites excluding steroid dienone is 1. The monoisotopic (exact) mass is 178 g/mol. The fourth-order valence-corrected chi connectivity index (χ4v) is 0.935. The van der Waals surface area contributed by atoms with Gasteiger partial charge in [0, 0.05) is 6.20 Å². The van der Waals surface area contributed by atoms with Crippen molar-refractivity contribution in [3.8, 4) is 0 Å². The zero-order chi connectivity index (χ0) is 10.1. The van der Waals surface area contributed by atoms with Crippen LogP contribution in [0.2, 0.25) is 0 Å². The van der Waals surface area contributed by atoms with E-state index in [1.807, 2.05) is 20.8 Å². The molecule has 0 saturated carbocycles. The highest BCUT2D eigenvalue weighted by molar-refractivity contribution is 6.03. The van der Waals surface area contributed by atoms with Gasteiger partial charge in [0.2, 0.25) is 0 Å². The normalized spacial score (nSPS) is 11.3. The Kier molecular flexibility index (Phi) is 2.36. The molecular weight excluding hydrogens is 164 g/mol. The first-order chi connectivity index (χ1) is 5.95. The fraction of sp³-hybridized carbons (Fsp3) is 0.400. The molecule has 3 nitrogen and oxygen atoms in total. The number of carbonyl (C=O) groups is 1. The van der Waals surface area contributed by atoms with E-state index in [0.717, 1.165) is 0 Å². The summed E-state index contributed by atoms with van der Waals surface area (Å²) in [6, 6.07) is 0. The number of nitrogens with zero attached hydrogens (tertiary/aromatic N) is 2. The van der Waals surface area contributed by atoms with Crippen LogP contribution in [0.1, 0.15) is 31.1 Å². The Hall–Kier alpha value is -1.38. The minimum absolute atomic E-state index is 0.0836. The summed E-state index contributed by atoms with van der Waals surface area (Å²) in [7, 11) is 0. The van der Waals surface area contributed by atoms with E-state index in [9.17, 15) is 4.79 Å². The van der Waals surface area contributed by atoms with Crippen LogP contribution in [0.25, 0.3) is 0 Å². The minimum atomic E-state index is -0.0875. The lowest BCUT2D eigenvalue weighted by molar-refractivity contribution is 0.104. The van der Waals surface area contributed by atoms with Crippen LogP contribution in [-0.4, -0.2) is 15.6 Å². The molecule has 0 fully saturated rings. The number of rotatable bonds is 2. The zero-order valence-corrected chi connectivity index (χ0v) is 8.24. The second-order valence-corrected chi connectivity index (χ2v) is 3.91. The van der Waals surface area contributed by atoms with Gasteiger partial charge in [-0.1, -0.05) is 6.58 Å². The molecule has 0 amide bonds. The van der Waals surface area contributed by atoms with Crippen molar-refractivity contribution in [2.75, 3.05) is 0 Å². The molecule has 0 aromatic carbocycles. The highest BCUT2D eigenvalue weighted by atomic mass is 16.1. The predicted octanol–water partition coefficient (Wildman–Crippen LogP) is 2.01. The van der Waals surface area contributed by atoms with Gasteiger partial charge < -0.3 is 0 Å². The van der Waals surface area contributed by atoms with Gasteiger partial charge in [0.25, 0.3) is 0 Å². The number of ketones is 1. The molecule has 0 aliphatic carbocycles. The Balaban J connectivity index is 3.00. The summed E-state index contributed by atoms with van der Waals surface area (Å²) >= 11 is 0. The van der Waals surface area contributed by atoms with E-state index in [0.29, 0.717) is 5.56 Å². The van der Waals surface area contributed by atoms with Gasteiger partial charge in [0.15, 0.2) is 5.78 Å². The minimum Gasteiger partial charge on any atom is -0.289 e. The molecule has 0 bridgehead atoms. The van der Waals surface area contributed by atoms with Crippen molar-refractivity contribution in [2.24, 2.45) is 0 Å². The summed E-state index contributed by atoms with van der Waals surface area (Å²) < 4.78 is 1.77. The maximum Gasteiger partial charge on any atom is 0.188 e.